The van der Waals surface area contributed by atoms with Crippen molar-refractivity contribution in [3.8, 4) is 0 Å². The molecular weight excluding hydrogens is 294 g/mol. The minimum atomic E-state index is -0.104. The first-order valence-corrected chi connectivity index (χ1v) is 8.27. The first-order chi connectivity index (χ1) is 11.1. The van der Waals surface area contributed by atoms with Crippen molar-refractivity contribution >= 4 is 11.7 Å². The summed E-state index contributed by atoms with van der Waals surface area (Å²) in [6.45, 7) is 5.06. The minimum Gasteiger partial charge on any atom is -0.374 e. The van der Waals surface area contributed by atoms with Crippen LogP contribution in [0, 0.1) is 13.8 Å². The van der Waals surface area contributed by atoms with Gasteiger partial charge in [-0.25, -0.2) is 9.50 Å². The van der Waals surface area contributed by atoms with Gasteiger partial charge < -0.3 is 9.64 Å². The molecule has 122 valence electrons. The Kier molecular flexibility index (Phi) is 3.52. The summed E-state index contributed by atoms with van der Waals surface area (Å²) in [7, 11) is 0. The zero-order valence-electron chi connectivity index (χ0n) is 13.5. The number of amides is 1. The van der Waals surface area contributed by atoms with Crippen molar-refractivity contribution in [1.29, 1.82) is 0 Å². The Morgan fingerprint density at radius 2 is 2.09 bits per heavy atom. The van der Waals surface area contributed by atoms with Gasteiger partial charge in [-0.15, -0.1) is 5.10 Å². The van der Waals surface area contributed by atoms with E-state index in [0.29, 0.717) is 18.9 Å². The van der Waals surface area contributed by atoms with Crippen LogP contribution in [0.2, 0.25) is 0 Å². The van der Waals surface area contributed by atoms with Crippen molar-refractivity contribution < 1.29 is 9.53 Å². The number of ether oxygens (including phenoxy) is 1. The van der Waals surface area contributed by atoms with Crippen LogP contribution in [0.4, 0.5) is 0 Å². The molecule has 2 aliphatic rings. The molecule has 0 unspecified atom stereocenters. The second kappa shape index (κ2) is 5.56. The number of fused-ring (bicyclic) bond motifs is 2. The van der Waals surface area contributed by atoms with E-state index in [1.165, 1.54) is 6.42 Å². The predicted molar refractivity (Wildman–Crippen MR) is 83.3 cm³/mol. The number of hydrogen-bond acceptors (Lipinski definition) is 5. The summed E-state index contributed by atoms with van der Waals surface area (Å²) in [6, 6.07) is 2.09. The number of aromatic nitrogens is 4. The zero-order valence-corrected chi connectivity index (χ0v) is 13.5. The third-order valence-electron chi connectivity index (χ3n) is 4.80. The van der Waals surface area contributed by atoms with Crippen molar-refractivity contribution in [1.82, 2.24) is 24.5 Å². The number of hydrogen-bond donors (Lipinski definition) is 0. The summed E-state index contributed by atoms with van der Waals surface area (Å²) in [5, 5.41) is 4.38. The molecule has 0 bridgehead atoms. The number of rotatable bonds is 1. The highest BCUT2D eigenvalue weighted by molar-refractivity contribution is 5.91. The zero-order chi connectivity index (χ0) is 16.0. The Balaban J connectivity index is 1.67. The number of aryl methyl sites for hydroxylation is 2. The summed E-state index contributed by atoms with van der Waals surface area (Å²) in [4.78, 5) is 23.5. The largest absolute Gasteiger partial charge is 0.374 e. The van der Waals surface area contributed by atoms with Crippen LogP contribution in [0.5, 0.6) is 0 Å². The van der Waals surface area contributed by atoms with E-state index in [-0.39, 0.29) is 23.9 Å². The highest BCUT2D eigenvalue weighted by Crippen LogP contribution is 2.29. The van der Waals surface area contributed by atoms with Crippen molar-refractivity contribution in [3.63, 3.8) is 0 Å². The molecule has 2 aromatic rings. The third kappa shape index (κ3) is 2.49. The monoisotopic (exact) mass is 315 g/mol. The van der Waals surface area contributed by atoms with Crippen LogP contribution in [-0.2, 0) is 4.74 Å². The molecule has 1 saturated heterocycles. The van der Waals surface area contributed by atoms with E-state index in [9.17, 15) is 4.79 Å². The Bertz CT molecular complexity index is 754. The summed E-state index contributed by atoms with van der Waals surface area (Å²) < 4.78 is 7.48. The average Bonchev–Trinajstić information content (AvgIpc) is 2.98. The normalized spacial score (nSPS) is 24.7. The molecule has 1 amide bonds. The van der Waals surface area contributed by atoms with Gasteiger partial charge in [0.15, 0.2) is 0 Å². The van der Waals surface area contributed by atoms with E-state index in [2.05, 4.69) is 15.1 Å². The lowest BCUT2D eigenvalue weighted by Gasteiger charge is -2.43. The molecule has 0 N–H and O–H groups in total. The van der Waals surface area contributed by atoms with Crippen LogP contribution in [0.3, 0.4) is 0 Å². The van der Waals surface area contributed by atoms with Gasteiger partial charge in [-0.05, 0) is 32.8 Å². The Hall–Kier alpha value is -2.02. The van der Waals surface area contributed by atoms with Gasteiger partial charge in [0.1, 0.15) is 0 Å². The molecule has 1 saturated carbocycles. The highest BCUT2D eigenvalue weighted by atomic mass is 16.5. The van der Waals surface area contributed by atoms with Gasteiger partial charge in [0.2, 0.25) is 5.82 Å². The lowest BCUT2D eigenvalue weighted by Crippen LogP contribution is -2.55. The SMILES string of the molecule is Cc1cc(C)n2nc(C(=O)N3CCO[C@H]4CCCC[C@@H]43)nc2n1. The van der Waals surface area contributed by atoms with Crippen LogP contribution in [-0.4, -0.2) is 55.7 Å². The molecule has 3 heterocycles. The van der Waals surface area contributed by atoms with E-state index >= 15 is 0 Å². The molecule has 2 aromatic heterocycles. The average molecular weight is 315 g/mol. The van der Waals surface area contributed by atoms with Crippen LogP contribution in [0.15, 0.2) is 6.07 Å². The fraction of sp³-hybridized carbons (Fsp3) is 0.625. The number of nitrogens with zero attached hydrogens (tertiary/aromatic N) is 5. The molecule has 0 aromatic carbocycles. The standard InChI is InChI=1S/C16H21N5O2/c1-10-9-11(2)21-16(17-10)18-14(19-21)15(22)20-7-8-23-13-6-4-3-5-12(13)20/h9,12-13H,3-8H2,1-2H3/t12-,13-/m0/s1. The Morgan fingerprint density at radius 3 is 2.96 bits per heavy atom. The van der Waals surface area contributed by atoms with Gasteiger partial charge in [-0.3, -0.25) is 4.79 Å². The maximum Gasteiger partial charge on any atom is 0.294 e. The molecular formula is C16H21N5O2. The first-order valence-electron chi connectivity index (χ1n) is 8.27. The predicted octanol–water partition coefficient (Wildman–Crippen LogP) is 1.52. The van der Waals surface area contributed by atoms with Gasteiger partial charge in [0.25, 0.3) is 11.7 Å². The molecule has 7 heteroatoms. The second-order valence-corrected chi connectivity index (χ2v) is 6.45. The molecule has 2 atom stereocenters. The van der Waals surface area contributed by atoms with Crippen molar-refractivity contribution in [2.45, 2.75) is 51.7 Å². The van der Waals surface area contributed by atoms with Crippen LogP contribution < -0.4 is 0 Å². The third-order valence-corrected chi connectivity index (χ3v) is 4.80. The fourth-order valence-electron chi connectivity index (χ4n) is 3.73. The molecule has 0 radical (unpaired) electrons. The van der Waals surface area contributed by atoms with Crippen molar-refractivity contribution in [2.24, 2.45) is 0 Å². The van der Waals surface area contributed by atoms with Crippen LogP contribution in [0.25, 0.3) is 5.78 Å². The second-order valence-electron chi connectivity index (χ2n) is 6.45. The van der Waals surface area contributed by atoms with E-state index in [0.717, 1.165) is 30.7 Å². The molecule has 4 rings (SSSR count). The van der Waals surface area contributed by atoms with Gasteiger partial charge >= 0.3 is 0 Å². The van der Waals surface area contributed by atoms with Gasteiger partial charge in [0.05, 0.1) is 18.8 Å². The molecule has 2 fully saturated rings. The Labute approximate surface area is 134 Å². The van der Waals surface area contributed by atoms with Crippen LogP contribution >= 0.6 is 0 Å². The fourth-order valence-corrected chi connectivity index (χ4v) is 3.73. The van der Waals surface area contributed by atoms with Gasteiger partial charge in [-0.1, -0.05) is 12.8 Å². The smallest absolute Gasteiger partial charge is 0.294 e. The highest BCUT2D eigenvalue weighted by Gasteiger charge is 2.38. The lowest BCUT2D eigenvalue weighted by atomic mass is 9.90. The maximum absolute atomic E-state index is 12.9. The summed E-state index contributed by atoms with van der Waals surface area (Å²) >= 11 is 0. The minimum absolute atomic E-state index is 0.104. The number of morpholine rings is 1. The number of carbonyl (C=O) groups is 1. The van der Waals surface area contributed by atoms with E-state index in [4.69, 9.17) is 4.74 Å². The summed E-state index contributed by atoms with van der Waals surface area (Å²) in [5.74, 6) is 0.615. The topological polar surface area (TPSA) is 72.6 Å². The van der Waals surface area contributed by atoms with Crippen molar-refractivity contribution in [3.05, 3.63) is 23.3 Å². The molecule has 1 aliphatic carbocycles. The van der Waals surface area contributed by atoms with E-state index in [1.807, 2.05) is 24.8 Å². The Morgan fingerprint density at radius 1 is 1.26 bits per heavy atom. The molecule has 7 nitrogen and oxygen atoms in total. The summed E-state index contributed by atoms with van der Waals surface area (Å²) in [5.41, 5.74) is 1.80. The van der Waals surface area contributed by atoms with E-state index in [1.54, 1.807) is 4.52 Å². The van der Waals surface area contributed by atoms with Crippen LogP contribution in [0.1, 0.15) is 47.7 Å². The molecule has 1 aliphatic heterocycles. The maximum atomic E-state index is 12.9. The quantitative estimate of drug-likeness (QED) is 0.798. The number of carbonyl (C=O) groups excluding carboxylic acids is 1. The first kappa shape index (κ1) is 14.6. The van der Waals surface area contributed by atoms with Crippen molar-refractivity contribution in [2.75, 3.05) is 13.2 Å². The molecule has 23 heavy (non-hydrogen) atoms. The van der Waals surface area contributed by atoms with Gasteiger partial charge in [0, 0.05) is 17.9 Å². The van der Waals surface area contributed by atoms with Gasteiger partial charge in [-0.2, -0.15) is 4.98 Å². The lowest BCUT2D eigenvalue weighted by molar-refractivity contribution is -0.0755. The summed E-state index contributed by atoms with van der Waals surface area (Å²) in [6.07, 6.45) is 4.53. The van der Waals surface area contributed by atoms with E-state index < -0.39 is 0 Å². The molecule has 0 spiro atoms.